The number of fused-ring (bicyclic) bond motifs is 3. The predicted octanol–water partition coefficient (Wildman–Crippen LogP) is 4.29. The van der Waals surface area contributed by atoms with E-state index in [1.807, 2.05) is 14.0 Å². The van der Waals surface area contributed by atoms with Crippen molar-refractivity contribution >= 4 is 5.91 Å². The molecule has 1 spiro atoms. The minimum atomic E-state index is -0.913. The number of methoxy groups -OCH3 is 1. The van der Waals surface area contributed by atoms with E-state index < -0.39 is 17.1 Å². The molecule has 1 aromatic rings. The van der Waals surface area contributed by atoms with Gasteiger partial charge >= 0.3 is 0 Å². The molecule has 6 aliphatic rings. The second-order valence-corrected chi connectivity index (χ2v) is 15.0. The fraction of sp³-hybridized carbons (Fsp3) is 0.774. The highest BCUT2D eigenvalue weighted by molar-refractivity contribution is 5.96. The Bertz CT molecular complexity index is 1150. The van der Waals surface area contributed by atoms with Crippen LogP contribution in [-0.2, 0) is 16.6 Å². The first kappa shape index (κ1) is 25.6. The highest BCUT2D eigenvalue weighted by Crippen LogP contribution is 2.75. The van der Waals surface area contributed by atoms with Crippen LogP contribution < -0.4 is 5.73 Å². The van der Waals surface area contributed by atoms with Crippen LogP contribution in [0.25, 0.3) is 0 Å². The van der Waals surface area contributed by atoms with Crippen LogP contribution in [0.4, 0.5) is 0 Å². The fourth-order valence-electron chi connectivity index (χ4n) is 10.0. The summed E-state index contributed by atoms with van der Waals surface area (Å²) >= 11 is 0. The number of rotatable bonds is 5. The van der Waals surface area contributed by atoms with E-state index in [4.69, 9.17) is 10.5 Å². The second-order valence-electron chi connectivity index (χ2n) is 15.0. The number of quaternary nitrogens is 1. The van der Waals surface area contributed by atoms with E-state index in [9.17, 15) is 15.0 Å². The number of hydrogen-bond acceptors (Lipinski definition) is 4. The van der Waals surface area contributed by atoms with Gasteiger partial charge in [0.15, 0.2) is 0 Å². The first-order valence-electron chi connectivity index (χ1n) is 14.4. The summed E-state index contributed by atoms with van der Waals surface area (Å²) in [6.07, 6.45) is 8.15. The number of benzene rings is 1. The van der Waals surface area contributed by atoms with Gasteiger partial charge in [-0.1, -0.05) is 26.8 Å². The number of phenols is 1. The molecule has 1 aromatic carbocycles. The van der Waals surface area contributed by atoms with Gasteiger partial charge in [0.05, 0.1) is 42.9 Å². The van der Waals surface area contributed by atoms with Crippen molar-refractivity contribution in [2.24, 2.45) is 28.4 Å². The zero-order chi connectivity index (χ0) is 26.8. The van der Waals surface area contributed by atoms with Crippen molar-refractivity contribution in [3.05, 3.63) is 28.8 Å². The highest BCUT2D eigenvalue weighted by atomic mass is 16.5. The zero-order valence-electron chi connectivity index (χ0n) is 23.7. The van der Waals surface area contributed by atoms with Gasteiger partial charge in [-0.25, -0.2) is 0 Å². The van der Waals surface area contributed by atoms with E-state index in [0.29, 0.717) is 6.04 Å². The van der Waals surface area contributed by atoms with Crippen LogP contribution in [0.5, 0.6) is 5.75 Å². The number of nitrogens with two attached hydrogens (primary N) is 1. The van der Waals surface area contributed by atoms with Crippen molar-refractivity contribution < 1.29 is 24.2 Å². The number of aromatic hydroxyl groups is 1. The standard InChI is InChI=1S/C31H46N2O4/c1-27(2,3)28(4,36)22-16-29-11-12-31(22,37-6)18-30(29)13-14-33(5,17-19-7-8-19)23(29)15-20-9-10-21(26(32)35)25(34)24(20)30/h9-10,19,22-23,36H,7-8,11-18H2,1-6H3,(H2-,32,34,35)/p+1/t22-,23?,28?,29?,30?,31?,33+/m1/s1. The summed E-state index contributed by atoms with van der Waals surface area (Å²) in [4.78, 5) is 12.3. The lowest BCUT2D eigenvalue weighted by Gasteiger charge is -2.75. The summed E-state index contributed by atoms with van der Waals surface area (Å²) in [5, 5.41) is 23.9. The van der Waals surface area contributed by atoms with Crippen LogP contribution in [0, 0.1) is 22.7 Å². The third kappa shape index (κ3) is 3.12. The van der Waals surface area contributed by atoms with E-state index in [0.717, 1.165) is 61.0 Å². The summed E-state index contributed by atoms with van der Waals surface area (Å²) in [6.45, 7) is 10.7. The lowest BCUT2D eigenvalue weighted by Crippen LogP contribution is -2.81. The molecule has 1 saturated heterocycles. The Morgan fingerprint density at radius 3 is 2.49 bits per heavy atom. The lowest BCUT2D eigenvalue weighted by atomic mass is 9.33. The molecule has 1 heterocycles. The van der Waals surface area contributed by atoms with Gasteiger partial charge < -0.3 is 25.2 Å². The maximum atomic E-state index is 12.3. The number of piperidine rings is 1. The average Bonchev–Trinajstić information content (AvgIpc) is 3.63. The Morgan fingerprint density at radius 1 is 1.19 bits per heavy atom. The summed E-state index contributed by atoms with van der Waals surface area (Å²) < 4.78 is 7.59. The number of carbonyl (C=O) groups excluding carboxylic acids is 1. The van der Waals surface area contributed by atoms with E-state index >= 15 is 0 Å². The molecular weight excluding hydrogens is 464 g/mol. The van der Waals surface area contributed by atoms with Crippen molar-refractivity contribution in [1.82, 2.24) is 0 Å². The largest absolute Gasteiger partial charge is 0.507 e. The Morgan fingerprint density at radius 2 is 1.89 bits per heavy atom. The Kier molecular flexibility index (Phi) is 5.21. The molecule has 0 radical (unpaired) electrons. The van der Waals surface area contributed by atoms with E-state index in [1.54, 1.807) is 6.07 Å². The van der Waals surface area contributed by atoms with Gasteiger partial charge in [-0.2, -0.15) is 0 Å². The number of amides is 1. The lowest BCUT2D eigenvalue weighted by molar-refractivity contribution is -0.952. The number of primary amides is 1. The predicted molar refractivity (Wildman–Crippen MR) is 143 cm³/mol. The summed E-state index contributed by atoms with van der Waals surface area (Å²) in [6, 6.07) is 4.21. The highest BCUT2D eigenvalue weighted by Gasteiger charge is 2.78. The van der Waals surface area contributed by atoms with Crippen LogP contribution in [0.15, 0.2) is 12.1 Å². The third-order valence-electron chi connectivity index (χ3n) is 12.6. The molecule has 4 N–H and O–H groups in total. The first-order valence-corrected chi connectivity index (χ1v) is 14.4. The number of hydrogen-bond donors (Lipinski definition) is 3. The second kappa shape index (κ2) is 7.51. The van der Waals surface area contributed by atoms with E-state index in [-0.39, 0.29) is 33.5 Å². The number of carbonyl (C=O) groups is 1. The van der Waals surface area contributed by atoms with Crippen molar-refractivity contribution in [2.45, 2.75) is 102 Å². The van der Waals surface area contributed by atoms with Crippen molar-refractivity contribution in [1.29, 1.82) is 0 Å². The van der Waals surface area contributed by atoms with Gasteiger partial charge in [0, 0.05) is 48.2 Å². The maximum Gasteiger partial charge on any atom is 0.252 e. The molecule has 4 bridgehead atoms. The van der Waals surface area contributed by atoms with Crippen LogP contribution >= 0.6 is 0 Å². The SMILES string of the molecule is COC12CCC3(C[C@@H]1C(C)(O)C(C)(C)C)C1Cc4ccc(C(N)=O)c(O)c4C3(CC[N@@+]1(C)CC1CC1)C2. The Hall–Kier alpha value is -1.63. The van der Waals surface area contributed by atoms with E-state index in [2.05, 4.69) is 33.9 Å². The number of nitrogens with zero attached hydrogens (tertiary/aromatic N) is 1. The van der Waals surface area contributed by atoms with E-state index in [1.165, 1.54) is 24.9 Å². The van der Waals surface area contributed by atoms with Crippen molar-refractivity contribution in [3.63, 3.8) is 0 Å². The molecule has 7 rings (SSSR count). The topological polar surface area (TPSA) is 92.8 Å². The minimum absolute atomic E-state index is 0.00938. The summed E-state index contributed by atoms with van der Waals surface area (Å²) in [5.74, 6) is 0.331. The Labute approximate surface area is 222 Å². The van der Waals surface area contributed by atoms with Gasteiger partial charge in [-0.05, 0) is 62.5 Å². The normalized spacial score (nSPS) is 42.0. The molecule has 4 saturated carbocycles. The van der Waals surface area contributed by atoms with Gasteiger partial charge in [0.1, 0.15) is 5.75 Å². The number of aliphatic hydroxyl groups is 1. The van der Waals surface area contributed by atoms with Crippen LogP contribution in [0.3, 0.4) is 0 Å². The summed E-state index contributed by atoms with van der Waals surface area (Å²) in [5.41, 5.74) is 6.05. The number of ether oxygens (including phenoxy) is 1. The molecule has 37 heavy (non-hydrogen) atoms. The van der Waals surface area contributed by atoms with Crippen molar-refractivity contribution in [2.75, 3.05) is 27.2 Å². The average molecular weight is 512 g/mol. The zero-order valence-corrected chi connectivity index (χ0v) is 23.7. The molecule has 5 aliphatic carbocycles. The first-order chi connectivity index (χ1) is 17.2. The molecular formula is C31H47N2O4+. The van der Waals surface area contributed by atoms with Crippen LogP contribution in [-0.4, -0.2) is 65.1 Å². The molecule has 1 aliphatic heterocycles. The van der Waals surface area contributed by atoms with Gasteiger partial charge in [0.2, 0.25) is 0 Å². The van der Waals surface area contributed by atoms with Gasteiger partial charge in [-0.3, -0.25) is 4.79 Å². The van der Waals surface area contributed by atoms with Gasteiger partial charge in [0.25, 0.3) is 5.91 Å². The molecule has 7 atom stereocenters. The molecule has 6 heteroatoms. The number of likely N-dealkylation sites (tertiary alicyclic amines) is 1. The number of likely N-dealkylation sites (N-methyl/N-ethyl adjacent to an activating group) is 1. The minimum Gasteiger partial charge on any atom is -0.507 e. The van der Waals surface area contributed by atoms with Crippen LogP contribution in [0.2, 0.25) is 0 Å². The van der Waals surface area contributed by atoms with Crippen molar-refractivity contribution in [3.8, 4) is 5.75 Å². The Balaban J connectivity index is 1.60. The summed E-state index contributed by atoms with van der Waals surface area (Å²) in [7, 11) is 4.30. The fourth-order valence-corrected chi connectivity index (χ4v) is 10.0. The quantitative estimate of drug-likeness (QED) is 0.515. The molecule has 0 aromatic heterocycles. The molecule has 204 valence electrons. The monoisotopic (exact) mass is 511 g/mol. The molecule has 1 amide bonds. The van der Waals surface area contributed by atoms with Gasteiger partial charge in [-0.15, -0.1) is 0 Å². The van der Waals surface area contributed by atoms with Crippen LogP contribution in [0.1, 0.15) is 94.1 Å². The third-order valence-corrected chi connectivity index (χ3v) is 12.6. The molecule has 6 nitrogen and oxygen atoms in total. The smallest absolute Gasteiger partial charge is 0.252 e. The molecule has 5 fully saturated rings. The molecule has 5 unspecified atom stereocenters. The maximum absolute atomic E-state index is 12.3.